The van der Waals surface area contributed by atoms with Crippen molar-refractivity contribution in [2.45, 2.75) is 0 Å². The minimum atomic E-state index is 0.0397. The summed E-state index contributed by atoms with van der Waals surface area (Å²) in [6.07, 6.45) is 0. The van der Waals surface area contributed by atoms with Gasteiger partial charge >= 0.3 is 0 Å². The molecule has 0 spiro atoms. The summed E-state index contributed by atoms with van der Waals surface area (Å²) in [6, 6.07) is 3.23. The number of phenolic OH excluding ortho intramolecular Hbond substituents is 1. The Hall–Kier alpha value is -0.650. The maximum absolute atomic E-state index is 9.02. The number of halogens is 1. The van der Waals surface area contributed by atoms with Gasteiger partial charge in [-0.25, -0.2) is 0 Å². The average Bonchev–Trinajstić information content (AvgIpc) is 1.93. The normalized spacial score (nSPS) is 9.70. The van der Waals surface area contributed by atoms with Crippen molar-refractivity contribution in [1.82, 2.24) is 0 Å². The van der Waals surface area contributed by atoms with Crippen LogP contribution in [0, 0.1) is 3.57 Å². The highest BCUT2D eigenvalue weighted by atomic mass is 127. The molecule has 0 bridgehead atoms. The standard InChI is InChI=1S/C6H7IN2O/c7-3-1-2-4(10)6(9)5(3)8/h1-2,10H,8-9H2. The van der Waals surface area contributed by atoms with E-state index >= 15 is 0 Å². The van der Waals surface area contributed by atoms with Crippen molar-refractivity contribution in [1.29, 1.82) is 0 Å². The van der Waals surface area contributed by atoms with Gasteiger partial charge in [-0.1, -0.05) is 0 Å². The summed E-state index contributed by atoms with van der Waals surface area (Å²) < 4.78 is 0.855. The molecular formula is C6H7IN2O. The number of rotatable bonds is 0. The number of nitrogen functional groups attached to an aromatic ring is 2. The number of benzene rings is 1. The number of aromatic hydroxyl groups is 1. The second-order valence-electron chi connectivity index (χ2n) is 1.89. The minimum Gasteiger partial charge on any atom is -0.506 e. The van der Waals surface area contributed by atoms with Crippen LogP contribution in [0.3, 0.4) is 0 Å². The molecule has 10 heavy (non-hydrogen) atoms. The maximum Gasteiger partial charge on any atom is 0.140 e. The second-order valence-corrected chi connectivity index (χ2v) is 3.06. The lowest BCUT2D eigenvalue weighted by Gasteiger charge is -2.03. The van der Waals surface area contributed by atoms with E-state index in [1.165, 1.54) is 6.07 Å². The number of anilines is 2. The lowest BCUT2D eigenvalue weighted by atomic mass is 10.2. The van der Waals surface area contributed by atoms with E-state index in [1.54, 1.807) is 6.07 Å². The van der Waals surface area contributed by atoms with Gasteiger partial charge in [0.2, 0.25) is 0 Å². The summed E-state index contributed by atoms with van der Waals surface area (Å²) in [6.45, 7) is 0. The molecule has 0 amide bonds. The lowest BCUT2D eigenvalue weighted by molar-refractivity contribution is 0.478. The van der Waals surface area contributed by atoms with Gasteiger partial charge in [-0.15, -0.1) is 0 Å². The van der Waals surface area contributed by atoms with Crippen LogP contribution in [0.5, 0.6) is 5.75 Å². The van der Waals surface area contributed by atoms with Gasteiger partial charge in [0.15, 0.2) is 0 Å². The molecule has 0 aliphatic rings. The highest BCUT2D eigenvalue weighted by molar-refractivity contribution is 14.1. The van der Waals surface area contributed by atoms with E-state index in [0.717, 1.165) is 3.57 Å². The average molecular weight is 250 g/mol. The molecule has 0 aliphatic carbocycles. The molecule has 4 heteroatoms. The maximum atomic E-state index is 9.02. The van der Waals surface area contributed by atoms with Crippen molar-refractivity contribution in [3.63, 3.8) is 0 Å². The lowest BCUT2D eigenvalue weighted by Crippen LogP contribution is -1.96. The molecule has 0 saturated heterocycles. The van der Waals surface area contributed by atoms with E-state index in [4.69, 9.17) is 16.6 Å². The van der Waals surface area contributed by atoms with Gasteiger partial charge < -0.3 is 16.6 Å². The predicted molar refractivity (Wildman–Crippen MR) is 49.6 cm³/mol. The number of phenols is 1. The van der Waals surface area contributed by atoms with E-state index in [1.807, 2.05) is 0 Å². The fourth-order valence-corrected chi connectivity index (χ4v) is 1.07. The molecule has 0 aliphatic heterocycles. The Labute approximate surface area is 72.2 Å². The first-order valence-corrected chi connectivity index (χ1v) is 3.73. The van der Waals surface area contributed by atoms with Crippen LogP contribution in [0.15, 0.2) is 12.1 Å². The SMILES string of the molecule is Nc1c(O)ccc(I)c1N. The van der Waals surface area contributed by atoms with Crippen molar-refractivity contribution in [2.24, 2.45) is 0 Å². The summed E-state index contributed by atoms with van der Waals surface area (Å²) in [4.78, 5) is 0. The van der Waals surface area contributed by atoms with E-state index in [-0.39, 0.29) is 11.4 Å². The summed E-state index contributed by atoms with van der Waals surface area (Å²) in [5.41, 5.74) is 11.6. The topological polar surface area (TPSA) is 72.3 Å². The van der Waals surface area contributed by atoms with Gasteiger partial charge in [-0.2, -0.15) is 0 Å². The zero-order valence-corrected chi connectivity index (χ0v) is 7.29. The Bertz CT molecular complexity index is 235. The fourth-order valence-electron chi connectivity index (χ4n) is 0.598. The van der Waals surface area contributed by atoms with Crippen LogP contribution in [0.4, 0.5) is 11.4 Å². The first kappa shape index (κ1) is 7.46. The Kier molecular flexibility index (Phi) is 1.89. The van der Waals surface area contributed by atoms with Gasteiger partial charge in [0.05, 0.1) is 11.4 Å². The van der Waals surface area contributed by atoms with Gasteiger partial charge in [0, 0.05) is 3.57 Å². The molecule has 0 radical (unpaired) electrons. The Morgan fingerprint density at radius 1 is 1.20 bits per heavy atom. The van der Waals surface area contributed by atoms with Crippen molar-refractivity contribution >= 4 is 34.0 Å². The van der Waals surface area contributed by atoms with Gasteiger partial charge in [0.25, 0.3) is 0 Å². The van der Waals surface area contributed by atoms with Crippen LogP contribution in [0.2, 0.25) is 0 Å². The molecule has 0 atom stereocenters. The molecule has 54 valence electrons. The summed E-state index contributed by atoms with van der Waals surface area (Å²) in [7, 11) is 0. The molecule has 0 aromatic heterocycles. The minimum absolute atomic E-state index is 0.0397. The number of hydrogen-bond donors (Lipinski definition) is 3. The fraction of sp³-hybridized carbons (Fsp3) is 0. The van der Waals surface area contributed by atoms with Crippen molar-refractivity contribution in [3.05, 3.63) is 15.7 Å². The molecule has 5 N–H and O–H groups in total. The molecule has 0 unspecified atom stereocenters. The highest BCUT2D eigenvalue weighted by Crippen LogP contribution is 2.29. The molecule has 1 rings (SSSR count). The van der Waals surface area contributed by atoms with E-state index in [9.17, 15) is 0 Å². The van der Waals surface area contributed by atoms with E-state index in [2.05, 4.69) is 22.6 Å². The molecule has 3 nitrogen and oxygen atoms in total. The van der Waals surface area contributed by atoms with Crippen molar-refractivity contribution in [2.75, 3.05) is 11.5 Å². The zero-order valence-electron chi connectivity index (χ0n) is 5.13. The summed E-state index contributed by atoms with van der Waals surface area (Å²) in [5, 5.41) is 9.02. The van der Waals surface area contributed by atoms with Crippen molar-refractivity contribution < 1.29 is 5.11 Å². The third-order valence-electron chi connectivity index (χ3n) is 1.21. The van der Waals surface area contributed by atoms with E-state index < -0.39 is 0 Å². The monoisotopic (exact) mass is 250 g/mol. The second kappa shape index (κ2) is 2.53. The predicted octanol–water partition coefficient (Wildman–Crippen LogP) is 1.16. The Morgan fingerprint density at radius 3 is 2.30 bits per heavy atom. The van der Waals surface area contributed by atoms with Gasteiger partial charge in [0.1, 0.15) is 5.75 Å². The van der Waals surface area contributed by atoms with Crippen molar-refractivity contribution in [3.8, 4) is 5.75 Å². The zero-order chi connectivity index (χ0) is 7.72. The molecule has 1 aromatic carbocycles. The largest absolute Gasteiger partial charge is 0.506 e. The Balaban J connectivity index is 3.34. The van der Waals surface area contributed by atoms with E-state index in [0.29, 0.717) is 5.69 Å². The molecule has 1 aromatic rings. The first-order valence-electron chi connectivity index (χ1n) is 2.65. The number of nitrogens with two attached hydrogens (primary N) is 2. The van der Waals surface area contributed by atoms with Gasteiger partial charge in [-0.3, -0.25) is 0 Å². The van der Waals surface area contributed by atoms with Crippen LogP contribution in [0.1, 0.15) is 0 Å². The van der Waals surface area contributed by atoms with Crippen LogP contribution in [-0.2, 0) is 0 Å². The third kappa shape index (κ3) is 1.11. The van der Waals surface area contributed by atoms with Crippen LogP contribution in [0.25, 0.3) is 0 Å². The first-order chi connectivity index (χ1) is 4.63. The highest BCUT2D eigenvalue weighted by Gasteiger charge is 2.02. The molecule has 0 heterocycles. The van der Waals surface area contributed by atoms with Crippen LogP contribution in [-0.4, -0.2) is 5.11 Å². The summed E-state index contributed by atoms with van der Waals surface area (Å²) >= 11 is 2.05. The quantitative estimate of drug-likeness (QED) is 0.367. The molecule has 0 fully saturated rings. The van der Waals surface area contributed by atoms with Crippen LogP contribution < -0.4 is 11.5 Å². The van der Waals surface area contributed by atoms with Gasteiger partial charge in [-0.05, 0) is 34.7 Å². The Morgan fingerprint density at radius 2 is 1.80 bits per heavy atom. The smallest absolute Gasteiger partial charge is 0.140 e. The number of hydrogen-bond acceptors (Lipinski definition) is 3. The van der Waals surface area contributed by atoms with Crippen LogP contribution >= 0.6 is 22.6 Å². The molecular weight excluding hydrogens is 243 g/mol. The summed E-state index contributed by atoms with van der Waals surface area (Å²) in [5.74, 6) is 0.0397. The molecule has 0 saturated carbocycles. The third-order valence-corrected chi connectivity index (χ3v) is 2.15.